The van der Waals surface area contributed by atoms with E-state index >= 15 is 0 Å². The molecule has 0 radical (unpaired) electrons. The van der Waals surface area contributed by atoms with E-state index in [9.17, 15) is 5.11 Å². The Bertz CT molecular complexity index is 466. The number of rotatable bonds is 4. The van der Waals surface area contributed by atoms with Gasteiger partial charge < -0.3 is 15.6 Å². The molecule has 112 valence electrons. The maximum atomic E-state index is 10.8. The van der Waals surface area contributed by atoms with Crippen LogP contribution >= 0.6 is 11.6 Å². The van der Waals surface area contributed by atoms with Gasteiger partial charge in [0, 0.05) is 30.4 Å². The fraction of sp³-hybridized carbons (Fsp3) is 0.643. The number of nitrogen functional groups attached to an aromatic ring is 1. The predicted octanol–water partition coefficient (Wildman–Crippen LogP) is 1.85. The van der Waals surface area contributed by atoms with E-state index in [0.29, 0.717) is 29.6 Å². The fourth-order valence-corrected chi connectivity index (χ4v) is 2.85. The highest BCUT2D eigenvalue weighted by Gasteiger charge is 2.39. The van der Waals surface area contributed by atoms with Crippen LogP contribution in [0.1, 0.15) is 31.9 Å². The summed E-state index contributed by atoms with van der Waals surface area (Å²) in [5, 5.41) is 11.3. The molecule has 0 aromatic carbocycles. The lowest BCUT2D eigenvalue weighted by Gasteiger charge is -2.46. The van der Waals surface area contributed by atoms with Gasteiger partial charge in [-0.25, -0.2) is 4.98 Å². The summed E-state index contributed by atoms with van der Waals surface area (Å²) in [6.45, 7) is 7.08. The number of nitrogens with zero attached hydrogens (tertiary/aromatic N) is 2. The van der Waals surface area contributed by atoms with E-state index < -0.39 is 11.6 Å². The zero-order valence-corrected chi connectivity index (χ0v) is 12.7. The molecule has 0 saturated carbocycles. The van der Waals surface area contributed by atoms with Gasteiger partial charge in [-0.15, -0.1) is 0 Å². The molecule has 1 saturated heterocycles. The number of aliphatic hydroxyl groups excluding tert-OH is 1. The number of ether oxygens (including phenoxy) is 1. The number of nitrogens with two attached hydrogens (primary N) is 1. The average Bonchev–Trinajstić information content (AvgIpc) is 2.49. The monoisotopic (exact) mass is 299 g/mol. The third-order valence-corrected chi connectivity index (χ3v) is 4.46. The van der Waals surface area contributed by atoms with E-state index in [1.54, 1.807) is 6.07 Å². The second kappa shape index (κ2) is 6.26. The number of halogens is 1. The van der Waals surface area contributed by atoms with Gasteiger partial charge in [-0.3, -0.25) is 4.90 Å². The quantitative estimate of drug-likeness (QED) is 0.888. The van der Waals surface area contributed by atoms with E-state index in [1.807, 2.05) is 6.92 Å². The van der Waals surface area contributed by atoms with Crippen LogP contribution in [0.25, 0.3) is 0 Å². The molecule has 1 aliphatic heterocycles. The summed E-state index contributed by atoms with van der Waals surface area (Å²) in [6.07, 6.45) is 1.54. The minimum absolute atomic E-state index is 0.329. The summed E-state index contributed by atoms with van der Waals surface area (Å²) in [7, 11) is 0. The second-order valence-electron chi connectivity index (χ2n) is 5.34. The van der Waals surface area contributed by atoms with Gasteiger partial charge in [-0.2, -0.15) is 0 Å². The molecule has 1 aromatic heterocycles. The van der Waals surface area contributed by atoms with Crippen LogP contribution in [-0.4, -0.2) is 46.8 Å². The molecule has 20 heavy (non-hydrogen) atoms. The van der Waals surface area contributed by atoms with E-state index in [1.165, 1.54) is 6.20 Å². The van der Waals surface area contributed by atoms with Crippen molar-refractivity contribution in [2.45, 2.75) is 31.9 Å². The number of pyridine rings is 1. The maximum Gasteiger partial charge on any atom is 0.129 e. The Balaban J connectivity index is 2.31. The van der Waals surface area contributed by atoms with Gasteiger partial charge in [0.15, 0.2) is 0 Å². The summed E-state index contributed by atoms with van der Waals surface area (Å²) in [6, 6.07) is 1.70. The Morgan fingerprint density at radius 3 is 2.80 bits per heavy atom. The highest BCUT2D eigenvalue weighted by Crippen LogP contribution is 2.37. The highest BCUT2D eigenvalue weighted by molar-refractivity contribution is 6.30. The smallest absolute Gasteiger partial charge is 0.129 e. The lowest BCUT2D eigenvalue weighted by atomic mass is 9.85. The number of aliphatic hydroxyl groups is 1. The zero-order chi connectivity index (χ0) is 14.8. The summed E-state index contributed by atoms with van der Waals surface area (Å²) < 4.78 is 5.39. The van der Waals surface area contributed by atoms with Gasteiger partial charge in [0.1, 0.15) is 11.9 Å². The molecular formula is C14H22ClN3O2. The third-order valence-electron chi connectivity index (χ3n) is 4.25. The van der Waals surface area contributed by atoms with Crippen molar-refractivity contribution in [1.29, 1.82) is 0 Å². The van der Waals surface area contributed by atoms with Crippen LogP contribution in [0, 0.1) is 0 Å². The number of aromatic nitrogens is 1. The van der Waals surface area contributed by atoms with Crippen molar-refractivity contribution in [2.75, 3.05) is 32.0 Å². The molecule has 1 aromatic rings. The third kappa shape index (κ3) is 2.91. The minimum Gasteiger partial charge on any atom is -0.386 e. The Labute approximate surface area is 124 Å². The lowest BCUT2D eigenvalue weighted by Crippen LogP contribution is -2.54. The Kier molecular flexibility index (Phi) is 4.86. The maximum absolute atomic E-state index is 10.8. The largest absolute Gasteiger partial charge is 0.386 e. The average molecular weight is 300 g/mol. The summed E-state index contributed by atoms with van der Waals surface area (Å²) >= 11 is 5.98. The normalized spacial score (nSPS) is 21.4. The van der Waals surface area contributed by atoms with Crippen molar-refractivity contribution in [1.82, 2.24) is 9.88 Å². The minimum atomic E-state index is -0.739. The van der Waals surface area contributed by atoms with Gasteiger partial charge in [0.25, 0.3) is 0 Å². The predicted molar refractivity (Wildman–Crippen MR) is 79.7 cm³/mol. The fourth-order valence-electron chi connectivity index (χ4n) is 2.68. The van der Waals surface area contributed by atoms with Gasteiger partial charge in [0.05, 0.1) is 18.2 Å². The first kappa shape index (κ1) is 15.5. The van der Waals surface area contributed by atoms with Crippen LogP contribution in [-0.2, 0) is 4.74 Å². The molecular weight excluding hydrogens is 278 g/mol. The molecule has 0 aliphatic carbocycles. The molecule has 0 amide bonds. The molecule has 0 bridgehead atoms. The van der Waals surface area contributed by atoms with Crippen molar-refractivity contribution >= 4 is 17.4 Å². The first-order valence-corrected chi connectivity index (χ1v) is 7.28. The summed E-state index contributed by atoms with van der Waals surface area (Å²) in [4.78, 5) is 6.29. The molecule has 2 rings (SSSR count). The van der Waals surface area contributed by atoms with Crippen molar-refractivity contribution in [2.24, 2.45) is 0 Å². The molecule has 1 aliphatic rings. The van der Waals surface area contributed by atoms with Gasteiger partial charge in [-0.05, 0) is 19.4 Å². The number of hydrogen-bond acceptors (Lipinski definition) is 5. The Hall–Kier alpha value is -0.880. The van der Waals surface area contributed by atoms with Crippen LogP contribution in [0.2, 0.25) is 5.02 Å². The standard InChI is InChI=1S/C14H22ClN3O2/c1-3-14(2,18-4-6-20-7-5-18)12(19)11-8-10(15)9-17-13(11)16/h8-9,12,19H,3-7H2,1-2H3,(H2,16,17). The topological polar surface area (TPSA) is 71.6 Å². The summed E-state index contributed by atoms with van der Waals surface area (Å²) in [5.41, 5.74) is 6.08. The molecule has 2 atom stereocenters. The van der Waals surface area contributed by atoms with Crippen molar-refractivity contribution in [3.63, 3.8) is 0 Å². The van der Waals surface area contributed by atoms with Crippen LogP contribution in [0.15, 0.2) is 12.3 Å². The number of morpholine rings is 1. The van der Waals surface area contributed by atoms with Crippen molar-refractivity contribution < 1.29 is 9.84 Å². The summed E-state index contributed by atoms with van der Waals surface area (Å²) in [5.74, 6) is 0.329. The second-order valence-corrected chi connectivity index (χ2v) is 5.78. The van der Waals surface area contributed by atoms with Gasteiger partial charge in [-0.1, -0.05) is 18.5 Å². The van der Waals surface area contributed by atoms with Crippen molar-refractivity contribution in [3.05, 3.63) is 22.8 Å². The SMILES string of the molecule is CCC(C)(C(O)c1cc(Cl)cnc1N)N1CCOCC1. The Morgan fingerprint density at radius 1 is 1.55 bits per heavy atom. The van der Waals surface area contributed by atoms with Crippen LogP contribution in [0.4, 0.5) is 5.82 Å². The zero-order valence-electron chi connectivity index (χ0n) is 12.0. The van der Waals surface area contributed by atoms with E-state index in [-0.39, 0.29) is 0 Å². The molecule has 3 N–H and O–H groups in total. The first-order chi connectivity index (χ1) is 9.49. The van der Waals surface area contributed by atoms with Gasteiger partial charge in [0.2, 0.25) is 0 Å². The van der Waals surface area contributed by atoms with Crippen LogP contribution in [0.3, 0.4) is 0 Å². The highest BCUT2D eigenvalue weighted by atomic mass is 35.5. The van der Waals surface area contributed by atoms with E-state index in [4.69, 9.17) is 22.1 Å². The molecule has 2 unspecified atom stereocenters. The number of anilines is 1. The lowest BCUT2D eigenvalue weighted by molar-refractivity contribution is -0.0732. The Morgan fingerprint density at radius 2 is 2.20 bits per heavy atom. The van der Waals surface area contributed by atoms with Crippen LogP contribution < -0.4 is 5.73 Å². The van der Waals surface area contributed by atoms with Crippen LogP contribution in [0.5, 0.6) is 0 Å². The molecule has 2 heterocycles. The molecule has 0 spiro atoms. The molecule has 5 nitrogen and oxygen atoms in total. The van der Waals surface area contributed by atoms with Gasteiger partial charge >= 0.3 is 0 Å². The molecule has 1 fully saturated rings. The van der Waals surface area contributed by atoms with Crippen molar-refractivity contribution in [3.8, 4) is 0 Å². The van der Waals surface area contributed by atoms with E-state index in [2.05, 4.69) is 16.8 Å². The molecule has 6 heteroatoms. The van der Waals surface area contributed by atoms with E-state index in [0.717, 1.165) is 19.5 Å². The first-order valence-electron chi connectivity index (χ1n) is 6.91. The number of hydrogen-bond donors (Lipinski definition) is 2.